The lowest BCUT2D eigenvalue weighted by atomic mass is 10.1. The Hall–Kier alpha value is -1.92. The summed E-state index contributed by atoms with van der Waals surface area (Å²) in [5.41, 5.74) is 5.57. The maximum Gasteiger partial charge on any atom is 0.252 e. The third-order valence-electron chi connectivity index (χ3n) is 3.06. The van der Waals surface area contributed by atoms with Crippen LogP contribution in [-0.2, 0) is 0 Å². The minimum absolute atomic E-state index is 0. The molecule has 1 amide bonds. The molecule has 0 saturated heterocycles. The second-order valence-corrected chi connectivity index (χ2v) is 4.79. The number of nitrogens with two attached hydrogens (primary N) is 1. The second kappa shape index (κ2) is 7.19. The molecule has 4 N–H and O–H groups in total. The SMILES string of the molecule is CC(CN)CNC(=O)c1cc(=O)[nH]c2cc(F)ccc12.Cl. The van der Waals surface area contributed by atoms with E-state index in [1.807, 2.05) is 6.92 Å². The average Bonchev–Trinajstić information content (AvgIpc) is 2.42. The molecule has 5 nitrogen and oxygen atoms in total. The summed E-state index contributed by atoms with van der Waals surface area (Å²) >= 11 is 0. The van der Waals surface area contributed by atoms with Crippen molar-refractivity contribution < 1.29 is 9.18 Å². The van der Waals surface area contributed by atoms with Crippen molar-refractivity contribution in [2.45, 2.75) is 6.92 Å². The number of carbonyl (C=O) groups is 1. The molecule has 0 spiro atoms. The molecule has 114 valence electrons. The highest BCUT2D eigenvalue weighted by molar-refractivity contribution is 6.05. The van der Waals surface area contributed by atoms with E-state index in [9.17, 15) is 14.0 Å². The first-order valence-electron chi connectivity index (χ1n) is 6.32. The van der Waals surface area contributed by atoms with Gasteiger partial charge in [0, 0.05) is 18.0 Å². The van der Waals surface area contributed by atoms with Gasteiger partial charge in [-0.3, -0.25) is 9.59 Å². The van der Waals surface area contributed by atoms with Crippen LogP contribution in [-0.4, -0.2) is 24.0 Å². The monoisotopic (exact) mass is 313 g/mol. The minimum Gasteiger partial charge on any atom is -0.352 e. The molecule has 0 aliphatic rings. The molecule has 0 bridgehead atoms. The van der Waals surface area contributed by atoms with Crippen molar-refractivity contribution in [3.05, 3.63) is 46.0 Å². The van der Waals surface area contributed by atoms with E-state index < -0.39 is 11.4 Å². The van der Waals surface area contributed by atoms with Crippen molar-refractivity contribution in [2.75, 3.05) is 13.1 Å². The number of H-pyrrole nitrogens is 1. The zero-order chi connectivity index (χ0) is 14.7. The van der Waals surface area contributed by atoms with Gasteiger partial charge in [0.2, 0.25) is 5.56 Å². The van der Waals surface area contributed by atoms with Crippen LogP contribution in [0.1, 0.15) is 17.3 Å². The lowest BCUT2D eigenvalue weighted by Crippen LogP contribution is -2.32. The highest BCUT2D eigenvalue weighted by Gasteiger charge is 2.12. The van der Waals surface area contributed by atoms with Gasteiger partial charge in [-0.25, -0.2) is 4.39 Å². The number of nitrogens with one attached hydrogen (secondary N) is 2. The van der Waals surface area contributed by atoms with Crippen LogP contribution in [0.25, 0.3) is 10.9 Å². The molecule has 0 aliphatic carbocycles. The van der Waals surface area contributed by atoms with Crippen LogP contribution in [0.15, 0.2) is 29.1 Å². The van der Waals surface area contributed by atoms with E-state index >= 15 is 0 Å². The van der Waals surface area contributed by atoms with Crippen LogP contribution in [0.2, 0.25) is 0 Å². The maximum atomic E-state index is 13.2. The van der Waals surface area contributed by atoms with Crippen molar-refractivity contribution >= 4 is 29.2 Å². The Morgan fingerprint density at radius 1 is 1.43 bits per heavy atom. The topological polar surface area (TPSA) is 88.0 Å². The molecule has 1 aromatic heterocycles. The summed E-state index contributed by atoms with van der Waals surface area (Å²) < 4.78 is 13.2. The van der Waals surface area contributed by atoms with E-state index in [4.69, 9.17) is 5.73 Å². The van der Waals surface area contributed by atoms with Crippen molar-refractivity contribution in [1.29, 1.82) is 0 Å². The predicted molar refractivity (Wildman–Crippen MR) is 82.3 cm³/mol. The van der Waals surface area contributed by atoms with Gasteiger partial charge in [0.15, 0.2) is 0 Å². The third-order valence-corrected chi connectivity index (χ3v) is 3.06. The van der Waals surface area contributed by atoms with Gasteiger partial charge in [-0.1, -0.05) is 6.92 Å². The van der Waals surface area contributed by atoms with Crippen molar-refractivity contribution in [1.82, 2.24) is 10.3 Å². The zero-order valence-electron chi connectivity index (χ0n) is 11.5. The van der Waals surface area contributed by atoms with Crippen molar-refractivity contribution in [3.63, 3.8) is 0 Å². The summed E-state index contributed by atoms with van der Waals surface area (Å²) in [4.78, 5) is 26.2. The first-order chi connectivity index (χ1) is 9.51. The Balaban J connectivity index is 0.00000220. The van der Waals surface area contributed by atoms with Crippen LogP contribution in [0, 0.1) is 11.7 Å². The fourth-order valence-electron chi connectivity index (χ4n) is 1.87. The number of benzene rings is 1. The summed E-state index contributed by atoms with van der Waals surface area (Å²) in [6.45, 7) is 2.79. The summed E-state index contributed by atoms with van der Waals surface area (Å²) in [7, 11) is 0. The van der Waals surface area contributed by atoms with Crippen LogP contribution in [0.5, 0.6) is 0 Å². The average molecular weight is 314 g/mol. The molecule has 1 atom stereocenters. The molecule has 2 rings (SSSR count). The van der Waals surface area contributed by atoms with Crippen LogP contribution in [0.3, 0.4) is 0 Å². The molecule has 21 heavy (non-hydrogen) atoms. The Kier molecular flexibility index (Phi) is 5.87. The van der Waals surface area contributed by atoms with Gasteiger partial charge in [0.25, 0.3) is 5.91 Å². The molecular weight excluding hydrogens is 297 g/mol. The van der Waals surface area contributed by atoms with Crippen LogP contribution < -0.4 is 16.6 Å². The van der Waals surface area contributed by atoms with E-state index in [1.165, 1.54) is 24.3 Å². The Morgan fingerprint density at radius 2 is 2.14 bits per heavy atom. The third kappa shape index (κ3) is 4.03. The molecule has 0 radical (unpaired) electrons. The molecule has 0 aliphatic heterocycles. The lowest BCUT2D eigenvalue weighted by Gasteiger charge is -2.11. The van der Waals surface area contributed by atoms with Crippen LogP contribution >= 0.6 is 12.4 Å². The summed E-state index contributed by atoms with van der Waals surface area (Å²) in [5, 5.41) is 3.22. The fraction of sp³-hybridized carbons (Fsp3) is 0.286. The standard InChI is InChI=1S/C14H16FN3O2.ClH/c1-8(6-16)7-17-14(20)11-5-13(19)18-12-4-9(15)2-3-10(11)12;/h2-5,8H,6-7,16H2,1H3,(H,17,20)(H,18,19);1H. The number of hydrogen-bond acceptors (Lipinski definition) is 3. The van der Waals surface area contributed by atoms with Gasteiger partial charge < -0.3 is 16.0 Å². The molecule has 2 aromatic rings. The molecule has 1 aromatic carbocycles. The van der Waals surface area contributed by atoms with E-state index in [2.05, 4.69) is 10.3 Å². The number of carbonyl (C=O) groups excluding carboxylic acids is 1. The highest BCUT2D eigenvalue weighted by Crippen LogP contribution is 2.16. The second-order valence-electron chi connectivity index (χ2n) is 4.79. The molecule has 0 saturated carbocycles. The number of pyridine rings is 1. The van der Waals surface area contributed by atoms with E-state index in [0.717, 1.165) is 0 Å². The number of aromatic nitrogens is 1. The number of aromatic amines is 1. The number of rotatable bonds is 4. The number of hydrogen-bond donors (Lipinski definition) is 3. The first-order valence-corrected chi connectivity index (χ1v) is 6.32. The minimum atomic E-state index is -0.470. The van der Waals surface area contributed by atoms with E-state index in [-0.39, 0.29) is 29.8 Å². The van der Waals surface area contributed by atoms with Gasteiger partial charge in [0.1, 0.15) is 5.82 Å². The smallest absolute Gasteiger partial charge is 0.252 e. The summed E-state index contributed by atoms with van der Waals surface area (Å²) in [5.74, 6) is -0.694. The van der Waals surface area contributed by atoms with Gasteiger partial charge in [-0.15, -0.1) is 12.4 Å². The quantitative estimate of drug-likeness (QED) is 0.797. The molecule has 1 heterocycles. The largest absolute Gasteiger partial charge is 0.352 e. The Bertz CT molecular complexity index is 702. The van der Waals surface area contributed by atoms with Gasteiger partial charge in [0.05, 0.1) is 11.1 Å². The Morgan fingerprint density at radius 3 is 2.81 bits per heavy atom. The number of fused-ring (bicyclic) bond motifs is 1. The lowest BCUT2D eigenvalue weighted by molar-refractivity contribution is 0.0950. The van der Waals surface area contributed by atoms with Crippen molar-refractivity contribution in [2.24, 2.45) is 11.7 Å². The normalized spacial score (nSPS) is 11.8. The Labute approximate surface area is 127 Å². The van der Waals surface area contributed by atoms with Crippen molar-refractivity contribution in [3.8, 4) is 0 Å². The van der Waals surface area contributed by atoms with E-state index in [0.29, 0.717) is 24.0 Å². The number of amides is 1. The first kappa shape index (κ1) is 17.1. The number of halogens is 2. The molecule has 7 heteroatoms. The zero-order valence-corrected chi connectivity index (χ0v) is 12.3. The van der Waals surface area contributed by atoms with Gasteiger partial charge in [-0.2, -0.15) is 0 Å². The van der Waals surface area contributed by atoms with Crippen LogP contribution in [0.4, 0.5) is 4.39 Å². The fourth-order valence-corrected chi connectivity index (χ4v) is 1.87. The summed E-state index contributed by atoms with van der Waals surface area (Å²) in [6.07, 6.45) is 0. The van der Waals surface area contributed by atoms with Gasteiger partial charge in [-0.05, 0) is 30.7 Å². The predicted octanol–water partition coefficient (Wildman–Crippen LogP) is 1.41. The van der Waals surface area contributed by atoms with E-state index in [1.54, 1.807) is 0 Å². The van der Waals surface area contributed by atoms with Gasteiger partial charge >= 0.3 is 0 Å². The highest BCUT2D eigenvalue weighted by atomic mass is 35.5. The molecule has 0 fully saturated rings. The molecular formula is C14H17ClFN3O2. The maximum absolute atomic E-state index is 13.2. The summed E-state index contributed by atoms with van der Waals surface area (Å²) in [6, 6.07) is 5.13. The molecule has 1 unspecified atom stereocenters.